The number of nitrogens with zero attached hydrogens (tertiary/aromatic N) is 2. The number of ether oxygens (including phenoxy) is 1. The minimum atomic E-state index is -0.129. The van der Waals surface area contributed by atoms with E-state index in [4.69, 9.17) is 4.74 Å². The van der Waals surface area contributed by atoms with Crippen molar-refractivity contribution in [3.8, 4) is 0 Å². The highest BCUT2D eigenvalue weighted by molar-refractivity contribution is 5.74. The Bertz CT molecular complexity index is 495. The van der Waals surface area contributed by atoms with Crippen molar-refractivity contribution in [3.05, 3.63) is 35.6 Å². The number of morpholine rings is 1. The van der Waals surface area contributed by atoms with Crippen LogP contribution in [0, 0.1) is 5.82 Å². The number of amides is 2. The third kappa shape index (κ3) is 3.18. The largest absolute Gasteiger partial charge is 0.378 e. The topological polar surface area (TPSA) is 32.8 Å². The molecule has 2 aliphatic heterocycles. The fourth-order valence-electron chi connectivity index (χ4n) is 3.14. The minimum absolute atomic E-state index is 0.102. The molecule has 2 heterocycles. The lowest BCUT2D eigenvalue weighted by Gasteiger charge is -2.37. The van der Waals surface area contributed by atoms with Gasteiger partial charge in [0, 0.05) is 26.2 Å². The molecule has 2 fully saturated rings. The molecule has 5 heteroatoms. The third-order valence-corrected chi connectivity index (χ3v) is 4.39. The molecule has 0 N–H and O–H groups in total. The Kier molecular flexibility index (Phi) is 4.39. The molecule has 0 bridgehead atoms. The number of carbonyl (C=O) groups excluding carboxylic acids is 1. The number of carbonyl (C=O) groups is 1. The van der Waals surface area contributed by atoms with Crippen molar-refractivity contribution < 1.29 is 13.9 Å². The quantitative estimate of drug-likeness (QED) is 0.796. The summed E-state index contributed by atoms with van der Waals surface area (Å²) in [6.07, 6.45) is 1.66. The summed E-state index contributed by atoms with van der Waals surface area (Å²) in [6.45, 7) is 4.00. The van der Waals surface area contributed by atoms with Gasteiger partial charge in [0.15, 0.2) is 0 Å². The van der Waals surface area contributed by atoms with Crippen LogP contribution in [0.5, 0.6) is 0 Å². The van der Waals surface area contributed by atoms with E-state index in [1.54, 1.807) is 6.07 Å². The van der Waals surface area contributed by atoms with Gasteiger partial charge in [-0.05, 0) is 30.4 Å². The van der Waals surface area contributed by atoms with Crippen molar-refractivity contribution in [1.29, 1.82) is 0 Å². The van der Waals surface area contributed by atoms with Crippen LogP contribution in [0.1, 0.15) is 24.3 Å². The first-order valence-corrected chi connectivity index (χ1v) is 7.62. The van der Waals surface area contributed by atoms with Crippen molar-refractivity contribution >= 4 is 6.03 Å². The molecule has 2 amide bonds. The molecule has 3 rings (SSSR count). The van der Waals surface area contributed by atoms with E-state index in [0.29, 0.717) is 39.4 Å². The zero-order chi connectivity index (χ0) is 14.7. The zero-order valence-corrected chi connectivity index (χ0v) is 12.1. The first-order valence-electron chi connectivity index (χ1n) is 7.62. The highest BCUT2D eigenvalue weighted by atomic mass is 19.1. The molecule has 0 saturated carbocycles. The smallest absolute Gasteiger partial charge is 0.320 e. The van der Waals surface area contributed by atoms with Crippen LogP contribution in [0.2, 0.25) is 0 Å². The van der Waals surface area contributed by atoms with Crippen LogP contribution in [-0.4, -0.2) is 55.2 Å². The molecule has 1 aromatic carbocycles. The van der Waals surface area contributed by atoms with E-state index in [1.165, 1.54) is 6.07 Å². The second-order valence-corrected chi connectivity index (χ2v) is 5.66. The van der Waals surface area contributed by atoms with Crippen molar-refractivity contribution in [3.63, 3.8) is 0 Å². The average Bonchev–Trinajstić information content (AvgIpc) is 2.56. The number of urea groups is 1. The lowest BCUT2D eigenvalue weighted by Crippen LogP contribution is -2.50. The van der Waals surface area contributed by atoms with E-state index in [-0.39, 0.29) is 17.8 Å². The van der Waals surface area contributed by atoms with Gasteiger partial charge < -0.3 is 14.5 Å². The van der Waals surface area contributed by atoms with Gasteiger partial charge in [0.1, 0.15) is 5.82 Å². The summed E-state index contributed by atoms with van der Waals surface area (Å²) < 4.78 is 19.1. The van der Waals surface area contributed by atoms with E-state index >= 15 is 0 Å². The van der Waals surface area contributed by atoms with Crippen molar-refractivity contribution in [2.24, 2.45) is 0 Å². The molecule has 0 atom stereocenters. The maximum absolute atomic E-state index is 13.8. The first kappa shape index (κ1) is 14.3. The molecular weight excluding hydrogens is 271 g/mol. The van der Waals surface area contributed by atoms with E-state index in [9.17, 15) is 9.18 Å². The summed E-state index contributed by atoms with van der Waals surface area (Å²) in [7, 11) is 0. The molecule has 0 radical (unpaired) electrons. The number of halogens is 1. The Balaban J connectivity index is 1.57. The molecule has 0 aliphatic carbocycles. The average molecular weight is 292 g/mol. The fourth-order valence-corrected chi connectivity index (χ4v) is 3.14. The van der Waals surface area contributed by atoms with Gasteiger partial charge in [0.2, 0.25) is 0 Å². The van der Waals surface area contributed by atoms with E-state index in [2.05, 4.69) is 0 Å². The first-order chi connectivity index (χ1) is 10.3. The summed E-state index contributed by atoms with van der Waals surface area (Å²) in [4.78, 5) is 16.1. The maximum atomic E-state index is 13.8. The Morgan fingerprint density at radius 3 is 2.33 bits per heavy atom. The van der Waals surface area contributed by atoms with Gasteiger partial charge in [-0.2, -0.15) is 0 Å². The Labute approximate surface area is 124 Å². The summed E-state index contributed by atoms with van der Waals surface area (Å²) in [5.74, 6) is 0.0930. The van der Waals surface area contributed by atoms with Crippen molar-refractivity contribution in [2.45, 2.75) is 18.8 Å². The lowest BCUT2D eigenvalue weighted by molar-refractivity contribution is 0.0411. The lowest BCUT2D eigenvalue weighted by atomic mass is 9.89. The molecule has 114 valence electrons. The van der Waals surface area contributed by atoms with Crippen LogP contribution in [0.3, 0.4) is 0 Å². The minimum Gasteiger partial charge on any atom is -0.378 e. The molecule has 21 heavy (non-hydrogen) atoms. The van der Waals surface area contributed by atoms with Gasteiger partial charge in [-0.3, -0.25) is 0 Å². The highest BCUT2D eigenvalue weighted by Crippen LogP contribution is 2.30. The van der Waals surface area contributed by atoms with Crippen LogP contribution in [0.25, 0.3) is 0 Å². The summed E-state index contributed by atoms with van der Waals surface area (Å²) in [6, 6.07) is 7.07. The van der Waals surface area contributed by atoms with E-state index in [0.717, 1.165) is 18.4 Å². The van der Waals surface area contributed by atoms with Crippen LogP contribution >= 0.6 is 0 Å². The van der Waals surface area contributed by atoms with Crippen molar-refractivity contribution in [2.75, 3.05) is 39.4 Å². The summed E-state index contributed by atoms with van der Waals surface area (Å²) >= 11 is 0. The SMILES string of the molecule is O=C(N1CCOCC1)N1CCC(c2ccccc2F)CC1. The van der Waals surface area contributed by atoms with Gasteiger partial charge in [0.25, 0.3) is 0 Å². The predicted octanol–water partition coefficient (Wildman–Crippen LogP) is 2.46. The molecule has 2 aliphatic rings. The molecule has 0 unspecified atom stereocenters. The van der Waals surface area contributed by atoms with Crippen LogP contribution in [-0.2, 0) is 4.74 Å². The normalized spacial score (nSPS) is 20.6. The molecular formula is C16H21FN2O2. The van der Waals surface area contributed by atoms with Gasteiger partial charge >= 0.3 is 6.03 Å². The third-order valence-electron chi connectivity index (χ3n) is 4.39. The standard InChI is InChI=1S/C16H21FN2O2/c17-15-4-2-1-3-14(15)13-5-7-18(8-6-13)16(20)19-9-11-21-12-10-19/h1-4,13H,5-12H2. The highest BCUT2D eigenvalue weighted by Gasteiger charge is 2.28. The molecule has 4 nitrogen and oxygen atoms in total. The molecule has 2 saturated heterocycles. The number of benzene rings is 1. The van der Waals surface area contributed by atoms with Crippen LogP contribution in [0.15, 0.2) is 24.3 Å². The number of likely N-dealkylation sites (tertiary alicyclic amines) is 1. The zero-order valence-electron chi connectivity index (χ0n) is 12.1. The molecule has 0 spiro atoms. The van der Waals surface area contributed by atoms with E-state index in [1.807, 2.05) is 21.9 Å². The Hall–Kier alpha value is -1.62. The Morgan fingerprint density at radius 1 is 1.05 bits per heavy atom. The number of hydrogen-bond acceptors (Lipinski definition) is 2. The van der Waals surface area contributed by atoms with Gasteiger partial charge in [-0.1, -0.05) is 18.2 Å². The second kappa shape index (κ2) is 6.43. The maximum Gasteiger partial charge on any atom is 0.320 e. The summed E-state index contributed by atoms with van der Waals surface area (Å²) in [5, 5.41) is 0. The van der Waals surface area contributed by atoms with Gasteiger partial charge in [-0.25, -0.2) is 9.18 Å². The Morgan fingerprint density at radius 2 is 1.67 bits per heavy atom. The predicted molar refractivity (Wildman–Crippen MR) is 77.7 cm³/mol. The van der Waals surface area contributed by atoms with E-state index < -0.39 is 0 Å². The number of rotatable bonds is 1. The van der Waals surface area contributed by atoms with Gasteiger partial charge in [0.05, 0.1) is 13.2 Å². The summed E-state index contributed by atoms with van der Waals surface area (Å²) in [5.41, 5.74) is 0.788. The van der Waals surface area contributed by atoms with Crippen LogP contribution < -0.4 is 0 Å². The number of hydrogen-bond donors (Lipinski definition) is 0. The van der Waals surface area contributed by atoms with Gasteiger partial charge in [-0.15, -0.1) is 0 Å². The molecule has 0 aromatic heterocycles. The second-order valence-electron chi connectivity index (χ2n) is 5.66. The monoisotopic (exact) mass is 292 g/mol. The van der Waals surface area contributed by atoms with Crippen LogP contribution in [0.4, 0.5) is 9.18 Å². The molecule has 1 aromatic rings. The van der Waals surface area contributed by atoms with Crippen molar-refractivity contribution in [1.82, 2.24) is 9.80 Å². The fraction of sp³-hybridized carbons (Fsp3) is 0.562. The number of piperidine rings is 1.